The Bertz CT molecular complexity index is 1360. The zero-order chi connectivity index (χ0) is 34.6. The lowest BCUT2D eigenvalue weighted by Crippen LogP contribution is -2.57. The number of unbranched alkanes of at least 4 members (excludes halogenated alkanes) is 1. The lowest BCUT2D eigenvalue weighted by Gasteiger charge is -2.31. The van der Waals surface area contributed by atoms with Gasteiger partial charge in [0.1, 0.15) is 17.2 Å². The maximum Gasteiger partial charge on any atom is 0.460 e. The number of amides is 2. The van der Waals surface area contributed by atoms with Gasteiger partial charge in [-0.1, -0.05) is 73.1 Å². The third-order valence-corrected chi connectivity index (χ3v) is 8.21. The summed E-state index contributed by atoms with van der Waals surface area (Å²) in [5.74, 6) is -17.4. The highest BCUT2D eigenvalue weighted by Gasteiger charge is 2.76. The summed E-state index contributed by atoms with van der Waals surface area (Å²) < 4.78 is 99.1. The Hall–Kier alpha value is -3.51. The number of phenols is 1. The highest BCUT2D eigenvalue weighted by molar-refractivity contribution is 6.04. The molecule has 1 atom stereocenters. The number of alkyl halides is 7. The van der Waals surface area contributed by atoms with Gasteiger partial charge >= 0.3 is 23.9 Å². The molecular formula is C32H41F7N2O4. The van der Waals surface area contributed by atoms with Gasteiger partial charge in [0.15, 0.2) is 6.10 Å². The van der Waals surface area contributed by atoms with Crippen LogP contribution in [0.2, 0.25) is 0 Å². The van der Waals surface area contributed by atoms with Gasteiger partial charge in [-0.05, 0) is 60.3 Å². The molecule has 6 nitrogen and oxygen atoms in total. The molecule has 45 heavy (non-hydrogen) atoms. The van der Waals surface area contributed by atoms with E-state index in [1.165, 1.54) is 5.32 Å². The van der Waals surface area contributed by atoms with Gasteiger partial charge in [0, 0.05) is 5.56 Å². The van der Waals surface area contributed by atoms with E-state index in [1.54, 1.807) is 6.07 Å². The van der Waals surface area contributed by atoms with Gasteiger partial charge in [0.05, 0.1) is 5.69 Å². The number of aromatic hydroxyl groups is 1. The summed E-state index contributed by atoms with van der Waals surface area (Å²) in [7, 11) is 0. The number of phenolic OH excluding ortho intramolecular Hbond substituents is 1. The second-order valence-corrected chi connectivity index (χ2v) is 12.2. The van der Waals surface area contributed by atoms with Crippen LogP contribution in [0.4, 0.5) is 42.1 Å². The fourth-order valence-corrected chi connectivity index (χ4v) is 4.27. The van der Waals surface area contributed by atoms with Crippen LogP contribution in [-0.4, -0.2) is 41.0 Å². The molecule has 0 bridgehead atoms. The van der Waals surface area contributed by atoms with Crippen LogP contribution < -0.4 is 15.4 Å². The Morgan fingerprint density at radius 2 is 1.47 bits per heavy atom. The van der Waals surface area contributed by atoms with E-state index in [9.17, 15) is 45.4 Å². The number of halogens is 7. The largest absolute Gasteiger partial charge is 0.506 e. The Labute approximate surface area is 258 Å². The van der Waals surface area contributed by atoms with Gasteiger partial charge in [-0.15, -0.1) is 0 Å². The SMILES string of the molecule is CCCCC(Oc1ccc(C(C)(C)CC)cc1C(C)(C)CC)C(=O)Nc1cccc(O)c1NC(=O)C(F)(F)C(F)(F)C(F)(F)F. The van der Waals surface area contributed by atoms with Crippen molar-refractivity contribution in [3.8, 4) is 11.5 Å². The van der Waals surface area contributed by atoms with Crippen molar-refractivity contribution in [2.75, 3.05) is 10.6 Å². The van der Waals surface area contributed by atoms with Crippen LogP contribution in [0.25, 0.3) is 0 Å². The number of anilines is 2. The normalized spacial score (nSPS) is 13.7. The topological polar surface area (TPSA) is 87.7 Å². The number of para-hydroxylation sites is 1. The molecule has 2 aromatic carbocycles. The monoisotopic (exact) mass is 650 g/mol. The summed E-state index contributed by atoms with van der Waals surface area (Å²) >= 11 is 0. The molecule has 0 heterocycles. The van der Waals surface area contributed by atoms with Crippen molar-refractivity contribution >= 4 is 23.2 Å². The first-order valence-corrected chi connectivity index (χ1v) is 14.7. The van der Waals surface area contributed by atoms with Gasteiger partial charge in [0.25, 0.3) is 5.91 Å². The first-order chi connectivity index (χ1) is 20.6. The molecule has 0 aliphatic heterocycles. The minimum absolute atomic E-state index is 0.146. The highest BCUT2D eigenvalue weighted by Crippen LogP contribution is 2.47. The Morgan fingerprint density at radius 3 is 2.00 bits per heavy atom. The van der Waals surface area contributed by atoms with Gasteiger partial charge in [-0.25, -0.2) is 0 Å². The van der Waals surface area contributed by atoms with Crippen molar-refractivity contribution in [3.05, 3.63) is 47.5 Å². The lowest BCUT2D eigenvalue weighted by atomic mass is 9.76. The zero-order valence-corrected chi connectivity index (χ0v) is 26.4. The first kappa shape index (κ1) is 37.7. The van der Waals surface area contributed by atoms with E-state index in [1.807, 2.05) is 39.8 Å². The molecule has 13 heteroatoms. The molecular weight excluding hydrogens is 609 g/mol. The van der Waals surface area contributed by atoms with E-state index in [-0.39, 0.29) is 17.3 Å². The molecule has 0 radical (unpaired) electrons. The van der Waals surface area contributed by atoms with Crippen molar-refractivity contribution in [2.45, 2.75) is 116 Å². The number of benzene rings is 2. The molecule has 2 aromatic rings. The standard InChI is InChI=1S/C32H41F7N2O4/c1-8-11-15-24(45-23-17-16-19(28(4,5)9-2)18-20(23)29(6,7)10-3)26(43)40-21-13-12-14-22(42)25(21)41-27(44)30(33,34)31(35,36)32(37,38)39/h12-14,16-18,24,42H,8-11,15H2,1-7H3,(H,40,43)(H,41,44). The van der Waals surface area contributed by atoms with Gasteiger partial charge in [-0.3, -0.25) is 9.59 Å². The highest BCUT2D eigenvalue weighted by atomic mass is 19.4. The molecule has 0 aromatic heterocycles. The number of rotatable bonds is 14. The summed E-state index contributed by atoms with van der Waals surface area (Å²) in [5, 5.41) is 13.8. The molecule has 0 saturated heterocycles. The molecule has 0 fully saturated rings. The number of ether oxygens (including phenoxy) is 1. The van der Waals surface area contributed by atoms with Crippen molar-refractivity contribution in [1.82, 2.24) is 0 Å². The minimum atomic E-state index is -6.75. The maximum atomic E-state index is 14.0. The van der Waals surface area contributed by atoms with Crippen LogP contribution in [0.5, 0.6) is 11.5 Å². The van der Waals surface area contributed by atoms with Crippen LogP contribution >= 0.6 is 0 Å². The molecule has 2 rings (SSSR count). The van der Waals surface area contributed by atoms with Crippen LogP contribution in [0.3, 0.4) is 0 Å². The molecule has 1 unspecified atom stereocenters. The summed E-state index contributed by atoms with van der Waals surface area (Å²) in [4.78, 5) is 25.5. The van der Waals surface area contributed by atoms with Crippen LogP contribution in [-0.2, 0) is 20.4 Å². The quantitative estimate of drug-likeness (QED) is 0.141. The van der Waals surface area contributed by atoms with E-state index in [0.29, 0.717) is 18.6 Å². The number of hydrogen-bond acceptors (Lipinski definition) is 4. The van der Waals surface area contributed by atoms with Crippen molar-refractivity contribution in [1.29, 1.82) is 0 Å². The third-order valence-electron chi connectivity index (χ3n) is 8.21. The van der Waals surface area contributed by atoms with Gasteiger partial charge in [0.2, 0.25) is 0 Å². The lowest BCUT2D eigenvalue weighted by molar-refractivity contribution is -0.343. The fraction of sp³-hybridized carbons (Fsp3) is 0.562. The molecule has 2 amide bonds. The zero-order valence-electron chi connectivity index (χ0n) is 26.4. The van der Waals surface area contributed by atoms with Gasteiger partial charge < -0.3 is 20.5 Å². The molecule has 0 aliphatic rings. The van der Waals surface area contributed by atoms with E-state index >= 15 is 0 Å². The Balaban J connectivity index is 2.49. The number of nitrogens with one attached hydrogen (secondary N) is 2. The molecule has 0 spiro atoms. The summed E-state index contributed by atoms with van der Waals surface area (Å²) in [6.45, 7) is 14.2. The van der Waals surface area contributed by atoms with Crippen LogP contribution in [0, 0.1) is 0 Å². The maximum absolute atomic E-state index is 14.0. The molecule has 3 N–H and O–H groups in total. The predicted octanol–water partition coefficient (Wildman–Crippen LogP) is 9.12. The molecule has 0 aliphatic carbocycles. The van der Waals surface area contributed by atoms with Crippen molar-refractivity contribution < 1.29 is 50.2 Å². The average Bonchev–Trinajstić information content (AvgIpc) is 2.95. The van der Waals surface area contributed by atoms with E-state index < -0.39 is 53.1 Å². The first-order valence-electron chi connectivity index (χ1n) is 14.7. The van der Waals surface area contributed by atoms with E-state index in [4.69, 9.17) is 4.74 Å². The second-order valence-electron chi connectivity index (χ2n) is 12.2. The smallest absolute Gasteiger partial charge is 0.460 e. The summed E-state index contributed by atoms with van der Waals surface area (Å²) in [6, 6.07) is 8.75. The second kappa shape index (κ2) is 13.9. The number of hydrogen-bond donors (Lipinski definition) is 3. The predicted molar refractivity (Wildman–Crippen MR) is 158 cm³/mol. The van der Waals surface area contributed by atoms with Crippen LogP contribution in [0.15, 0.2) is 36.4 Å². The number of carbonyl (C=O) groups is 2. The average molecular weight is 651 g/mol. The van der Waals surface area contributed by atoms with Crippen LogP contribution in [0.1, 0.15) is 91.7 Å². The van der Waals surface area contributed by atoms with Gasteiger partial charge in [-0.2, -0.15) is 30.7 Å². The summed E-state index contributed by atoms with van der Waals surface area (Å²) in [6.07, 6.45) is -4.95. The van der Waals surface area contributed by atoms with E-state index in [0.717, 1.165) is 42.2 Å². The third kappa shape index (κ3) is 8.21. The summed E-state index contributed by atoms with van der Waals surface area (Å²) in [5.41, 5.74) is -0.131. The van der Waals surface area contributed by atoms with E-state index in [2.05, 4.69) is 26.1 Å². The molecule has 0 saturated carbocycles. The van der Waals surface area contributed by atoms with Crippen molar-refractivity contribution in [3.63, 3.8) is 0 Å². The number of carbonyl (C=O) groups excluding carboxylic acids is 2. The Morgan fingerprint density at radius 1 is 0.867 bits per heavy atom. The Kier molecular flexibility index (Phi) is 11.6. The fourth-order valence-electron chi connectivity index (χ4n) is 4.27. The minimum Gasteiger partial charge on any atom is -0.506 e. The molecule has 252 valence electrons. The van der Waals surface area contributed by atoms with Crippen molar-refractivity contribution in [2.24, 2.45) is 0 Å².